The summed E-state index contributed by atoms with van der Waals surface area (Å²) in [7, 11) is 2.59. The molecule has 5 nitrogen and oxygen atoms in total. The van der Waals surface area contributed by atoms with E-state index < -0.39 is 23.8 Å². The van der Waals surface area contributed by atoms with Crippen molar-refractivity contribution < 1.29 is 23.9 Å². The Labute approximate surface area is 99.5 Å². The molecule has 17 heavy (non-hydrogen) atoms. The first-order valence-electron chi connectivity index (χ1n) is 5.78. The van der Waals surface area contributed by atoms with Crippen LogP contribution in [-0.2, 0) is 23.9 Å². The predicted octanol–water partition coefficient (Wildman–Crippen LogP) is 0.564. The van der Waals surface area contributed by atoms with Crippen molar-refractivity contribution in [3.8, 4) is 0 Å². The van der Waals surface area contributed by atoms with Gasteiger partial charge in [0.25, 0.3) is 0 Å². The summed E-state index contributed by atoms with van der Waals surface area (Å²) in [6.45, 7) is 0. The van der Waals surface area contributed by atoms with Crippen molar-refractivity contribution in [3.05, 3.63) is 0 Å². The molecule has 0 radical (unpaired) electrons. The predicted molar refractivity (Wildman–Crippen MR) is 56.9 cm³/mol. The highest BCUT2D eigenvalue weighted by molar-refractivity contribution is 5.93. The van der Waals surface area contributed by atoms with E-state index in [9.17, 15) is 14.4 Å². The summed E-state index contributed by atoms with van der Waals surface area (Å²) in [6, 6.07) is 0. The third-order valence-electron chi connectivity index (χ3n) is 4.00. The fourth-order valence-electron chi connectivity index (χ4n) is 3.22. The lowest BCUT2D eigenvalue weighted by Gasteiger charge is -2.44. The lowest BCUT2D eigenvalue weighted by molar-refractivity contribution is -0.172. The third kappa shape index (κ3) is 1.83. The van der Waals surface area contributed by atoms with E-state index in [0.717, 1.165) is 6.42 Å². The number of esters is 2. The molecule has 3 aliphatic carbocycles. The number of hydrogen-bond donors (Lipinski definition) is 0. The molecule has 0 aliphatic heterocycles. The van der Waals surface area contributed by atoms with Crippen LogP contribution in [0.1, 0.15) is 19.3 Å². The van der Waals surface area contributed by atoms with Gasteiger partial charge in [0.2, 0.25) is 0 Å². The lowest BCUT2D eigenvalue weighted by Crippen LogP contribution is -2.52. The Morgan fingerprint density at radius 1 is 1.06 bits per heavy atom. The third-order valence-corrected chi connectivity index (χ3v) is 4.00. The van der Waals surface area contributed by atoms with Crippen LogP contribution in [-0.4, -0.2) is 31.9 Å². The van der Waals surface area contributed by atoms with Gasteiger partial charge in [-0.1, -0.05) is 0 Å². The van der Waals surface area contributed by atoms with E-state index in [0.29, 0.717) is 12.8 Å². The minimum absolute atomic E-state index is 0.0657. The van der Waals surface area contributed by atoms with Crippen molar-refractivity contribution in [1.82, 2.24) is 0 Å². The van der Waals surface area contributed by atoms with E-state index in [1.807, 2.05) is 0 Å². The Morgan fingerprint density at radius 2 is 1.65 bits per heavy atom. The zero-order valence-corrected chi connectivity index (χ0v) is 9.97. The van der Waals surface area contributed by atoms with Crippen molar-refractivity contribution in [2.45, 2.75) is 19.3 Å². The molecule has 3 rings (SSSR count). The van der Waals surface area contributed by atoms with E-state index in [-0.39, 0.29) is 17.6 Å². The Balaban J connectivity index is 2.32. The van der Waals surface area contributed by atoms with Crippen LogP contribution >= 0.6 is 0 Å². The molecule has 94 valence electrons. The summed E-state index contributed by atoms with van der Waals surface area (Å²) >= 11 is 0. The first kappa shape index (κ1) is 12.1. The van der Waals surface area contributed by atoms with Gasteiger partial charge in [0.1, 0.15) is 5.78 Å². The first-order chi connectivity index (χ1) is 8.10. The number of methoxy groups -OCH3 is 2. The maximum atomic E-state index is 11.8. The Hall–Kier alpha value is -1.39. The van der Waals surface area contributed by atoms with Gasteiger partial charge in [-0.15, -0.1) is 0 Å². The van der Waals surface area contributed by atoms with Gasteiger partial charge in [-0.2, -0.15) is 0 Å². The summed E-state index contributed by atoms with van der Waals surface area (Å²) in [5.41, 5.74) is 0. The van der Waals surface area contributed by atoms with E-state index in [4.69, 9.17) is 9.47 Å². The average Bonchev–Trinajstić information content (AvgIpc) is 2.36. The van der Waals surface area contributed by atoms with E-state index in [1.54, 1.807) is 0 Å². The SMILES string of the molecule is COC(=O)C1C2CCC(C(=O)C2)C1C(=O)OC. The molecule has 0 aromatic carbocycles. The molecule has 4 unspecified atom stereocenters. The standard InChI is InChI=1S/C12H16O5/c1-16-11(14)9-6-3-4-7(8(13)5-6)10(9)12(15)17-2/h6-7,9-10H,3-5H2,1-2H3. The highest BCUT2D eigenvalue weighted by atomic mass is 16.5. The maximum Gasteiger partial charge on any atom is 0.310 e. The van der Waals surface area contributed by atoms with Gasteiger partial charge in [-0.3, -0.25) is 14.4 Å². The van der Waals surface area contributed by atoms with Crippen molar-refractivity contribution in [2.24, 2.45) is 23.7 Å². The second-order valence-corrected chi connectivity index (χ2v) is 4.71. The van der Waals surface area contributed by atoms with E-state index >= 15 is 0 Å². The fourth-order valence-corrected chi connectivity index (χ4v) is 3.22. The molecule has 0 N–H and O–H groups in total. The Morgan fingerprint density at radius 3 is 2.18 bits per heavy atom. The topological polar surface area (TPSA) is 69.7 Å². The molecule has 0 heterocycles. The monoisotopic (exact) mass is 240 g/mol. The molecular weight excluding hydrogens is 224 g/mol. The van der Waals surface area contributed by atoms with Crippen molar-refractivity contribution in [3.63, 3.8) is 0 Å². The van der Waals surface area contributed by atoms with Crippen molar-refractivity contribution in [2.75, 3.05) is 14.2 Å². The lowest BCUT2D eigenvalue weighted by atomic mass is 9.58. The van der Waals surface area contributed by atoms with Crippen LogP contribution in [0, 0.1) is 23.7 Å². The molecule has 0 spiro atoms. The van der Waals surface area contributed by atoms with Crippen LogP contribution in [0.5, 0.6) is 0 Å². The molecule has 5 heteroatoms. The molecule has 4 atom stereocenters. The maximum absolute atomic E-state index is 11.8. The highest BCUT2D eigenvalue weighted by Gasteiger charge is 2.55. The minimum Gasteiger partial charge on any atom is -0.469 e. The van der Waals surface area contributed by atoms with E-state index in [1.165, 1.54) is 14.2 Å². The van der Waals surface area contributed by atoms with Gasteiger partial charge >= 0.3 is 11.9 Å². The Kier molecular flexibility index (Phi) is 3.17. The number of carbonyl (C=O) groups excluding carboxylic acids is 3. The summed E-state index contributed by atoms with van der Waals surface area (Å²) in [6.07, 6.45) is 1.87. The fraction of sp³-hybridized carbons (Fsp3) is 0.750. The normalized spacial score (nSPS) is 35.5. The first-order valence-corrected chi connectivity index (χ1v) is 5.78. The second-order valence-electron chi connectivity index (χ2n) is 4.71. The quantitative estimate of drug-likeness (QED) is 0.660. The number of hydrogen-bond acceptors (Lipinski definition) is 5. The number of ketones is 1. The molecule has 0 aromatic rings. The molecule has 0 amide bonds. The van der Waals surface area contributed by atoms with Gasteiger partial charge in [-0.25, -0.2) is 0 Å². The van der Waals surface area contributed by atoms with Crippen LogP contribution < -0.4 is 0 Å². The summed E-state index contributed by atoms with van der Waals surface area (Å²) in [5, 5.41) is 0. The molecule has 3 aliphatic rings. The van der Waals surface area contributed by atoms with Crippen molar-refractivity contribution >= 4 is 17.7 Å². The minimum atomic E-state index is -0.646. The number of fused-ring (bicyclic) bond motifs is 3. The molecule has 3 saturated carbocycles. The van der Waals surface area contributed by atoms with Crippen LogP contribution in [0.4, 0.5) is 0 Å². The summed E-state index contributed by atoms with van der Waals surface area (Å²) in [5.74, 6) is -2.38. The zero-order valence-electron chi connectivity index (χ0n) is 9.97. The van der Waals surface area contributed by atoms with Gasteiger partial charge in [0.05, 0.1) is 26.1 Å². The molecule has 2 bridgehead atoms. The molecular formula is C12H16O5. The van der Waals surface area contributed by atoms with Gasteiger partial charge in [0, 0.05) is 12.3 Å². The number of rotatable bonds is 2. The van der Waals surface area contributed by atoms with Crippen LogP contribution in [0.15, 0.2) is 0 Å². The average molecular weight is 240 g/mol. The zero-order chi connectivity index (χ0) is 12.6. The van der Waals surface area contributed by atoms with Gasteiger partial charge < -0.3 is 9.47 Å². The highest BCUT2D eigenvalue weighted by Crippen LogP contribution is 2.47. The summed E-state index contributed by atoms with van der Waals surface area (Å²) < 4.78 is 9.46. The van der Waals surface area contributed by atoms with Gasteiger partial charge in [-0.05, 0) is 18.8 Å². The smallest absolute Gasteiger partial charge is 0.310 e. The van der Waals surface area contributed by atoms with Crippen LogP contribution in [0.25, 0.3) is 0 Å². The molecule has 0 aromatic heterocycles. The second kappa shape index (κ2) is 4.47. The van der Waals surface area contributed by atoms with Gasteiger partial charge in [0.15, 0.2) is 0 Å². The van der Waals surface area contributed by atoms with Crippen LogP contribution in [0.2, 0.25) is 0 Å². The molecule has 0 saturated heterocycles. The van der Waals surface area contributed by atoms with Crippen molar-refractivity contribution in [1.29, 1.82) is 0 Å². The Bertz CT molecular complexity index is 362. The van der Waals surface area contributed by atoms with Crippen LogP contribution in [0.3, 0.4) is 0 Å². The largest absolute Gasteiger partial charge is 0.469 e. The number of carbonyl (C=O) groups is 3. The molecule has 3 fully saturated rings. The van der Waals surface area contributed by atoms with E-state index in [2.05, 4.69) is 0 Å². The number of Topliss-reactive ketones (excluding diaryl/α,β-unsaturated/α-hetero) is 1. The summed E-state index contributed by atoms with van der Waals surface area (Å²) in [4.78, 5) is 35.3. The number of ether oxygens (including phenoxy) is 2.